The number of hydrogen-bond donors (Lipinski definition) is 0. The number of aromatic nitrogens is 1. The van der Waals surface area contributed by atoms with E-state index >= 15 is 0 Å². The minimum Gasteiger partial charge on any atom is -0.441 e. The number of ketones is 1. The minimum absolute atomic E-state index is 0.0490. The molecule has 0 fully saturated rings. The number of fused-ring (bicyclic) bond motifs is 1. The van der Waals surface area contributed by atoms with E-state index in [1.807, 2.05) is 6.92 Å². The molecule has 0 saturated carbocycles. The number of nitrogens with zero attached hydrogens (tertiary/aromatic N) is 1. The van der Waals surface area contributed by atoms with Crippen LogP contribution in [0, 0.1) is 0 Å². The summed E-state index contributed by atoms with van der Waals surface area (Å²) in [6, 6.07) is 5.31. The van der Waals surface area contributed by atoms with Crippen LogP contribution in [0.2, 0.25) is 0 Å². The average molecular weight is 189 g/mol. The number of oxazole rings is 1. The molecule has 0 unspecified atom stereocenters. The molecule has 14 heavy (non-hydrogen) atoms. The second-order valence-corrected chi connectivity index (χ2v) is 3.20. The second kappa shape index (κ2) is 3.25. The standard InChI is InChI=1S/C11H11NO2/c1-3-11-12-9-6-8(7(2)13)4-5-10(9)14-11/h4-6H,3H2,1-2H3. The van der Waals surface area contributed by atoms with E-state index in [2.05, 4.69) is 4.98 Å². The molecule has 0 aliphatic rings. The van der Waals surface area contributed by atoms with Gasteiger partial charge in [0.1, 0.15) is 5.52 Å². The topological polar surface area (TPSA) is 43.1 Å². The molecule has 2 aromatic rings. The largest absolute Gasteiger partial charge is 0.441 e. The summed E-state index contributed by atoms with van der Waals surface area (Å²) in [5, 5.41) is 0. The highest BCUT2D eigenvalue weighted by molar-refractivity contribution is 5.96. The Kier molecular flexibility index (Phi) is 2.08. The lowest BCUT2D eigenvalue weighted by Crippen LogP contribution is -1.90. The summed E-state index contributed by atoms with van der Waals surface area (Å²) < 4.78 is 5.43. The van der Waals surface area contributed by atoms with Crippen LogP contribution in [0.3, 0.4) is 0 Å². The molecule has 1 heterocycles. The zero-order chi connectivity index (χ0) is 10.1. The van der Waals surface area contributed by atoms with Crippen molar-refractivity contribution in [1.29, 1.82) is 0 Å². The fourth-order valence-corrected chi connectivity index (χ4v) is 1.35. The fourth-order valence-electron chi connectivity index (χ4n) is 1.35. The molecular formula is C11H11NO2. The van der Waals surface area contributed by atoms with E-state index < -0.39 is 0 Å². The normalized spacial score (nSPS) is 10.7. The van der Waals surface area contributed by atoms with Gasteiger partial charge in [0.15, 0.2) is 17.3 Å². The molecule has 0 spiro atoms. The Bertz CT molecular complexity index is 485. The molecule has 0 aliphatic carbocycles. The first-order valence-corrected chi connectivity index (χ1v) is 4.61. The van der Waals surface area contributed by atoms with Gasteiger partial charge in [-0.15, -0.1) is 0 Å². The van der Waals surface area contributed by atoms with Crippen LogP contribution in [0.5, 0.6) is 0 Å². The Morgan fingerprint density at radius 1 is 1.50 bits per heavy atom. The summed E-state index contributed by atoms with van der Waals surface area (Å²) in [6.07, 6.45) is 0.768. The maximum atomic E-state index is 11.1. The summed E-state index contributed by atoms with van der Waals surface area (Å²) in [7, 11) is 0. The number of benzene rings is 1. The minimum atomic E-state index is 0.0490. The van der Waals surface area contributed by atoms with Crippen molar-refractivity contribution >= 4 is 16.9 Å². The van der Waals surface area contributed by atoms with Crippen LogP contribution in [0.1, 0.15) is 30.1 Å². The first-order valence-electron chi connectivity index (χ1n) is 4.61. The van der Waals surface area contributed by atoms with Gasteiger partial charge in [0.2, 0.25) is 0 Å². The summed E-state index contributed by atoms with van der Waals surface area (Å²) in [4.78, 5) is 15.4. The molecule has 1 aromatic carbocycles. The van der Waals surface area contributed by atoms with Crippen LogP contribution in [0.25, 0.3) is 11.1 Å². The van der Waals surface area contributed by atoms with E-state index in [9.17, 15) is 4.79 Å². The molecule has 0 atom stereocenters. The lowest BCUT2D eigenvalue weighted by atomic mass is 10.1. The molecule has 3 nitrogen and oxygen atoms in total. The Morgan fingerprint density at radius 2 is 2.29 bits per heavy atom. The Balaban J connectivity index is 2.59. The monoisotopic (exact) mass is 189 g/mol. The van der Waals surface area contributed by atoms with Crippen LogP contribution in [0.15, 0.2) is 22.6 Å². The summed E-state index contributed by atoms with van der Waals surface area (Å²) >= 11 is 0. The second-order valence-electron chi connectivity index (χ2n) is 3.20. The number of aryl methyl sites for hydroxylation is 1. The van der Waals surface area contributed by atoms with Crippen molar-refractivity contribution in [2.75, 3.05) is 0 Å². The molecule has 2 rings (SSSR count). The Hall–Kier alpha value is -1.64. The number of carbonyl (C=O) groups is 1. The average Bonchev–Trinajstić information content (AvgIpc) is 2.58. The third-order valence-corrected chi connectivity index (χ3v) is 2.14. The lowest BCUT2D eigenvalue weighted by Gasteiger charge is -1.92. The maximum Gasteiger partial charge on any atom is 0.195 e. The number of carbonyl (C=O) groups excluding carboxylic acids is 1. The predicted octanol–water partition coefficient (Wildman–Crippen LogP) is 2.59. The van der Waals surface area contributed by atoms with Gasteiger partial charge >= 0.3 is 0 Å². The number of rotatable bonds is 2. The summed E-state index contributed by atoms with van der Waals surface area (Å²) in [6.45, 7) is 3.53. The van der Waals surface area contributed by atoms with Crippen LogP contribution in [-0.2, 0) is 6.42 Å². The first kappa shape index (κ1) is 8.94. The van der Waals surface area contributed by atoms with E-state index in [1.165, 1.54) is 0 Å². The quantitative estimate of drug-likeness (QED) is 0.682. The van der Waals surface area contributed by atoms with Crippen LogP contribution in [-0.4, -0.2) is 10.8 Å². The van der Waals surface area contributed by atoms with Gasteiger partial charge in [-0.3, -0.25) is 4.79 Å². The molecule has 72 valence electrons. The Morgan fingerprint density at radius 3 is 2.93 bits per heavy atom. The van der Waals surface area contributed by atoms with E-state index in [4.69, 9.17) is 4.42 Å². The van der Waals surface area contributed by atoms with Gasteiger partial charge in [0.25, 0.3) is 0 Å². The molecule has 3 heteroatoms. The van der Waals surface area contributed by atoms with Crippen LogP contribution < -0.4 is 0 Å². The van der Waals surface area contributed by atoms with Crippen molar-refractivity contribution < 1.29 is 9.21 Å². The van der Waals surface area contributed by atoms with E-state index in [-0.39, 0.29) is 5.78 Å². The van der Waals surface area contributed by atoms with Gasteiger partial charge < -0.3 is 4.42 Å². The third-order valence-electron chi connectivity index (χ3n) is 2.14. The van der Waals surface area contributed by atoms with Gasteiger partial charge in [0, 0.05) is 12.0 Å². The number of hydrogen-bond acceptors (Lipinski definition) is 3. The van der Waals surface area contributed by atoms with Crippen LogP contribution >= 0.6 is 0 Å². The molecule has 0 bridgehead atoms. The fraction of sp³-hybridized carbons (Fsp3) is 0.273. The number of Topliss-reactive ketones (excluding diaryl/α,β-unsaturated/α-hetero) is 1. The summed E-state index contributed by atoms with van der Waals surface area (Å²) in [5.41, 5.74) is 2.18. The SMILES string of the molecule is CCc1nc2cc(C(C)=O)ccc2o1. The van der Waals surface area contributed by atoms with Crippen LogP contribution in [0.4, 0.5) is 0 Å². The highest BCUT2D eigenvalue weighted by Crippen LogP contribution is 2.17. The lowest BCUT2D eigenvalue weighted by molar-refractivity contribution is 0.101. The van der Waals surface area contributed by atoms with Gasteiger partial charge in [-0.2, -0.15) is 0 Å². The van der Waals surface area contributed by atoms with Crippen molar-refractivity contribution in [3.63, 3.8) is 0 Å². The Labute approximate surface area is 81.7 Å². The predicted molar refractivity (Wildman–Crippen MR) is 53.4 cm³/mol. The molecule has 0 radical (unpaired) electrons. The maximum absolute atomic E-state index is 11.1. The van der Waals surface area contributed by atoms with Gasteiger partial charge in [-0.05, 0) is 25.1 Å². The zero-order valence-electron chi connectivity index (χ0n) is 8.20. The van der Waals surface area contributed by atoms with E-state index in [1.54, 1.807) is 25.1 Å². The van der Waals surface area contributed by atoms with Crippen molar-refractivity contribution in [3.8, 4) is 0 Å². The van der Waals surface area contributed by atoms with Crippen molar-refractivity contribution in [1.82, 2.24) is 4.98 Å². The highest BCUT2D eigenvalue weighted by Gasteiger charge is 2.06. The van der Waals surface area contributed by atoms with Crippen molar-refractivity contribution in [2.45, 2.75) is 20.3 Å². The van der Waals surface area contributed by atoms with Gasteiger partial charge in [-0.1, -0.05) is 6.92 Å². The highest BCUT2D eigenvalue weighted by atomic mass is 16.3. The zero-order valence-corrected chi connectivity index (χ0v) is 8.20. The molecule has 0 N–H and O–H groups in total. The van der Waals surface area contributed by atoms with Gasteiger partial charge in [-0.25, -0.2) is 4.98 Å². The van der Waals surface area contributed by atoms with Crippen molar-refractivity contribution in [2.24, 2.45) is 0 Å². The first-order chi connectivity index (χ1) is 6.70. The van der Waals surface area contributed by atoms with E-state index in [0.717, 1.165) is 17.5 Å². The summed E-state index contributed by atoms with van der Waals surface area (Å²) in [5.74, 6) is 0.758. The van der Waals surface area contributed by atoms with E-state index in [0.29, 0.717) is 11.5 Å². The molecule has 1 aromatic heterocycles. The molecule has 0 aliphatic heterocycles. The smallest absolute Gasteiger partial charge is 0.195 e. The van der Waals surface area contributed by atoms with Crippen molar-refractivity contribution in [3.05, 3.63) is 29.7 Å². The molecule has 0 amide bonds. The third kappa shape index (κ3) is 1.41. The molecule has 0 saturated heterocycles. The molecular weight excluding hydrogens is 178 g/mol. The van der Waals surface area contributed by atoms with Gasteiger partial charge in [0.05, 0.1) is 0 Å².